The first-order valence-corrected chi connectivity index (χ1v) is 10.8. The molecule has 0 unspecified atom stereocenters. The third-order valence-corrected chi connectivity index (χ3v) is 5.67. The normalized spacial score (nSPS) is 17.8. The van der Waals surface area contributed by atoms with Crippen LogP contribution in [0, 0.1) is 6.92 Å². The third-order valence-electron chi connectivity index (χ3n) is 5.06. The summed E-state index contributed by atoms with van der Waals surface area (Å²) in [6.45, 7) is 1.94. The van der Waals surface area contributed by atoms with Crippen molar-refractivity contribution in [3.63, 3.8) is 0 Å². The van der Waals surface area contributed by atoms with Gasteiger partial charge < -0.3 is 10.2 Å². The number of halogens is 2. The Bertz CT molecular complexity index is 1350. The molecule has 8 heteroatoms. The number of aromatic hydroxyl groups is 2. The van der Waals surface area contributed by atoms with Crippen LogP contribution in [0.3, 0.4) is 0 Å². The summed E-state index contributed by atoms with van der Waals surface area (Å²) >= 11 is 12.4. The summed E-state index contributed by atoms with van der Waals surface area (Å²) in [5, 5.41) is 19.7. The van der Waals surface area contributed by atoms with Gasteiger partial charge in [-0.25, -0.2) is 9.98 Å². The van der Waals surface area contributed by atoms with Crippen molar-refractivity contribution in [2.24, 2.45) is 15.0 Å². The monoisotopic (exact) mass is 479 g/mol. The van der Waals surface area contributed by atoms with E-state index in [1.165, 1.54) is 24.3 Å². The Morgan fingerprint density at radius 3 is 1.79 bits per heavy atom. The molecule has 1 aliphatic rings. The summed E-state index contributed by atoms with van der Waals surface area (Å²) in [7, 11) is 0. The van der Waals surface area contributed by atoms with E-state index in [0.717, 1.165) is 11.3 Å². The number of nitrogens with zero attached hydrogens (tertiary/aromatic N) is 3. The molecule has 3 aromatic carbocycles. The van der Waals surface area contributed by atoms with E-state index in [1.807, 2.05) is 31.2 Å². The zero-order valence-electron chi connectivity index (χ0n) is 17.6. The van der Waals surface area contributed by atoms with Crippen LogP contribution >= 0.6 is 23.2 Å². The van der Waals surface area contributed by atoms with Crippen molar-refractivity contribution in [1.82, 2.24) is 0 Å². The topological polar surface area (TPSA) is 94.6 Å². The fraction of sp³-hybridized carbons (Fsp3) is 0.120. The first kappa shape index (κ1) is 22.7. The average molecular weight is 480 g/mol. The van der Waals surface area contributed by atoms with Crippen molar-refractivity contribution < 1.29 is 15.0 Å². The van der Waals surface area contributed by atoms with Gasteiger partial charge in [0.25, 0.3) is 0 Å². The quantitative estimate of drug-likeness (QED) is 0.437. The average Bonchev–Trinajstić information content (AvgIpc) is 2.76. The second-order valence-corrected chi connectivity index (χ2v) is 8.32. The number of benzene rings is 3. The Morgan fingerprint density at radius 1 is 0.697 bits per heavy atom. The van der Waals surface area contributed by atoms with Gasteiger partial charge in [0.05, 0.1) is 50.7 Å². The number of Topliss-reactive ketones (excluding diaryl/α,β-unsaturated/α-hetero) is 1. The second-order valence-electron chi connectivity index (χ2n) is 7.51. The largest absolute Gasteiger partial charge is 0.508 e. The number of rotatable bonds is 3. The molecule has 1 saturated carbocycles. The number of carbonyl (C=O) groups is 1. The molecule has 0 amide bonds. The van der Waals surface area contributed by atoms with Crippen molar-refractivity contribution in [1.29, 1.82) is 0 Å². The summed E-state index contributed by atoms with van der Waals surface area (Å²) in [5.41, 5.74) is 3.87. The Hall–Kier alpha value is -3.48. The van der Waals surface area contributed by atoms with E-state index in [-0.39, 0.29) is 45.9 Å². The van der Waals surface area contributed by atoms with Gasteiger partial charge in [-0.05, 0) is 42.8 Å². The molecule has 33 heavy (non-hydrogen) atoms. The number of carbonyl (C=O) groups excluding carboxylic acids is 1. The number of hydrogen-bond acceptors (Lipinski definition) is 6. The molecule has 0 bridgehead atoms. The molecule has 6 nitrogen and oxygen atoms in total. The highest BCUT2D eigenvalue weighted by Crippen LogP contribution is 2.32. The van der Waals surface area contributed by atoms with Crippen LogP contribution in [0.15, 0.2) is 75.6 Å². The van der Waals surface area contributed by atoms with Crippen molar-refractivity contribution >= 4 is 63.2 Å². The Kier molecular flexibility index (Phi) is 6.58. The van der Waals surface area contributed by atoms with E-state index in [9.17, 15) is 15.0 Å². The fourth-order valence-corrected chi connectivity index (χ4v) is 3.76. The van der Waals surface area contributed by atoms with Crippen LogP contribution in [0.25, 0.3) is 0 Å². The number of aliphatic imine (C=N–C) groups is 3. The molecule has 0 heterocycles. The third kappa shape index (κ3) is 5.30. The summed E-state index contributed by atoms with van der Waals surface area (Å²) in [6, 6.07) is 16.5. The van der Waals surface area contributed by atoms with Gasteiger partial charge in [-0.15, -0.1) is 0 Å². The van der Waals surface area contributed by atoms with Gasteiger partial charge in [0.15, 0.2) is 5.78 Å². The predicted molar refractivity (Wildman–Crippen MR) is 133 cm³/mol. The smallest absolute Gasteiger partial charge is 0.183 e. The summed E-state index contributed by atoms with van der Waals surface area (Å²) in [4.78, 5) is 26.8. The highest BCUT2D eigenvalue weighted by atomic mass is 35.5. The lowest BCUT2D eigenvalue weighted by atomic mass is 9.92. The molecule has 0 aromatic heterocycles. The molecule has 1 aliphatic carbocycles. The molecule has 0 atom stereocenters. The van der Waals surface area contributed by atoms with Crippen molar-refractivity contribution in [3.8, 4) is 11.5 Å². The molecule has 0 radical (unpaired) electrons. The Morgan fingerprint density at radius 2 is 1.21 bits per heavy atom. The van der Waals surface area contributed by atoms with Crippen LogP contribution in [-0.4, -0.2) is 33.1 Å². The molecule has 2 N–H and O–H groups in total. The predicted octanol–water partition coefficient (Wildman–Crippen LogP) is 6.69. The van der Waals surface area contributed by atoms with Gasteiger partial charge in [-0.1, -0.05) is 41.4 Å². The first-order chi connectivity index (χ1) is 15.8. The molecule has 0 spiro atoms. The van der Waals surface area contributed by atoms with Crippen LogP contribution < -0.4 is 0 Å². The molecule has 1 fully saturated rings. The fourth-order valence-electron chi connectivity index (χ4n) is 3.32. The lowest BCUT2D eigenvalue weighted by Gasteiger charge is -2.18. The van der Waals surface area contributed by atoms with Gasteiger partial charge in [0.2, 0.25) is 0 Å². The Labute approximate surface area is 200 Å². The highest BCUT2D eigenvalue weighted by molar-refractivity contribution is 6.62. The maximum Gasteiger partial charge on any atom is 0.183 e. The minimum atomic E-state index is -0.192. The van der Waals surface area contributed by atoms with E-state index in [1.54, 1.807) is 12.1 Å². The van der Waals surface area contributed by atoms with E-state index in [2.05, 4.69) is 9.98 Å². The summed E-state index contributed by atoms with van der Waals surface area (Å²) < 4.78 is 0. The van der Waals surface area contributed by atoms with Gasteiger partial charge in [-0.2, -0.15) is 0 Å². The molecule has 4 rings (SSSR count). The molecular formula is C25H19Cl2N3O3. The standard InChI is InChI=1S/C25H19Cl2N3O3/c1-14-4-2-3-5-19(14)28-23-13-25(33)24(30-21-9-7-16(32)11-18(21)27)12-22(23)29-20-8-6-15(31)10-17(20)26/h2-11,31-32H,12-13H2,1H3. The molecular weight excluding hydrogens is 461 g/mol. The zero-order valence-corrected chi connectivity index (χ0v) is 19.1. The van der Waals surface area contributed by atoms with Crippen LogP contribution in [0.2, 0.25) is 10.0 Å². The Balaban J connectivity index is 1.80. The number of hydrogen-bond donors (Lipinski definition) is 2. The van der Waals surface area contributed by atoms with Crippen molar-refractivity contribution in [2.75, 3.05) is 0 Å². The maximum absolute atomic E-state index is 13.0. The molecule has 3 aromatic rings. The van der Waals surface area contributed by atoms with Gasteiger partial charge in [0, 0.05) is 18.6 Å². The number of para-hydroxylation sites is 1. The van der Waals surface area contributed by atoms with E-state index in [4.69, 9.17) is 28.2 Å². The second kappa shape index (κ2) is 9.57. The van der Waals surface area contributed by atoms with E-state index in [0.29, 0.717) is 22.8 Å². The van der Waals surface area contributed by atoms with E-state index >= 15 is 0 Å². The highest BCUT2D eigenvalue weighted by Gasteiger charge is 2.28. The minimum Gasteiger partial charge on any atom is -0.508 e. The molecule has 0 saturated heterocycles. The van der Waals surface area contributed by atoms with Crippen LogP contribution in [0.5, 0.6) is 11.5 Å². The summed E-state index contributed by atoms with van der Waals surface area (Å²) in [6.07, 6.45) is 0.134. The zero-order chi connectivity index (χ0) is 23.5. The van der Waals surface area contributed by atoms with Crippen LogP contribution in [-0.2, 0) is 4.79 Å². The number of ketones is 1. The number of phenols is 2. The number of aryl methyl sites for hydroxylation is 1. The first-order valence-electron chi connectivity index (χ1n) is 10.1. The van der Waals surface area contributed by atoms with Crippen LogP contribution in [0.4, 0.5) is 17.1 Å². The minimum absolute atomic E-state index is 0.01000. The van der Waals surface area contributed by atoms with Crippen molar-refractivity contribution in [2.45, 2.75) is 19.8 Å². The molecule has 0 aliphatic heterocycles. The van der Waals surface area contributed by atoms with Gasteiger partial charge >= 0.3 is 0 Å². The van der Waals surface area contributed by atoms with E-state index < -0.39 is 0 Å². The van der Waals surface area contributed by atoms with Crippen molar-refractivity contribution in [3.05, 3.63) is 76.3 Å². The lowest BCUT2D eigenvalue weighted by Crippen LogP contribution is -2.33. The lowest BCUT2D eigenvalue weighted by molar-refractivity contribution is -0.112. The maximum atomic E-state index is 13.0. The summed E-state index contributed by atoms with van der Waals surface area (Å²) in [5.74, 6) is -0.154. The number of phenolic OH excluding ortho intramolecular Hbond substituents is 2. The van der Waals surface area contributed by atoms with Gasteiger partial charge in [-0.3, -0.25) is 9.79 Å². The molecule has 166 valence electrons. The van der Waals surface area contributed by atoms with Crippen LogP contribution in [0.1, 0.15) is 18.4 Å². The van der Waals surface area contributed by atoms with Gasteiger partial charge in [0.1, 0.15) is 11.5 Å². The SMILES string of the molecule is Cc1ccccc1N=C1CC(=O)C(=Nc2ccc(O)cc2Cl)CC1=Nc1ccc(O)cc1Cl.